The van der Waals surface area contributed by atoms with Crippen molar-refractivity contribution in [2.24, 2.45) is 0 Å². The molecule has 1 aromatic carbocycles. The molecule has 7 nitrogen and oxygen atoms in total. The maximum absolute atomic E-state index is 11.9. The third-order valence-electron chi connectivity index (χ3n) is 4.51. The first kappa shape index (κ1) is 16.6. The lowest BCUT2D eigenvalue weighted by molar-refractivity contribution is -0.385. The number of rotatable bonds is 5. The van der Waals surface area contributed by atoms with Gasteiger partial charge in [0.1, 0.15) is 0 Å². The van der Waals surface area contributed by atoms with Crippen LogP contribution in [0.4, 0.5) is 5.69 Å². The molecule has 2 unspecified atom stereocenters. The number of amides is 1. The Morgan fingerprint density at radius 1 is 1.46 bits per heavy atom. The predicted molar refractivity (Wildman–Crippen MR) is 89.5 cm³/mol. The Hall–Kier alpha value is -2.25. The molecule has 0 spiro atoms. The van der Waals surface area contributed by atoms with Crippen molar-refractivity contribution in [3.63, 3.8) is 0 Å². The molecule has 2 heterocycles. The lowest BCUT2D eigenvalue weighted by Gasteiger charge is -2.35. The van der Waals surface area contributed by atoms with E-state index in [0.717, 1.165) is 19.7 Å². The maximum atomic E-state index is 11.9. The van der Waals surface area contributed by atoms with Crippen molar-refractivity contribution >= 4 is 17.7 Å². The zero-order chi connectivity index (χ0) is 16.9. The quantitative estimate of drug-likeness (QED) is 0.503. The fourth-order valence-corrected chi connectivity index (χ4v) is 3.24. The zero-order valence-electron chi connectivity index (χ0n) is 13.4. The number of ether oxygens (including phenoxy) is 1. The summed E-state index contributed by atoms with van der Waals surface area (Å²) in [5, 5.41) is 13.7. The summed E-state index contributed by atoms with van der Waals surface area (Å²) in [5.41, 5.74) is 0.392. The Labute approximate surface area is 140 Å². The summed E-state index contributed by atoms with van der Waals surface area (Å²) in [6.07, 6.45) is 5.20. The second kappa shape index (κ2) is 7.55. The monoisotopic (exact) mass is 331 g/mol. The number of nitro benzene ring substituents is 1. The molecular formula is C17H21N3O4. The molecule has 1 aromatic rings. The van der Waals surface area contributed by atoms with Crippen LogP contribution >= 0.6 is 0 Å². The van der Waals surface area contributed by atoms with Crippen LogP contribution in [-0.4, -0.2) is 54.1 Å². The lowest BCUT2D eigenvalue weighted by atomic mass is 10.1. The van der Waals surface area contributed by atoms with Gasteiger partial charge in [0.25, 0.3) is 5.69 Å². The van der Waals surface area contributed by atoms with E-state index in [-0.39, 0.29) is 17.7 Å². The highest BCUT2D eigenvalue weighted by molar-refractivity contribution is 5.92. The molecule has 1 amide bonds. The largest absolute Gasteiger partial charge is 0.373 e. The van der Waals surface area contributed by atoms with Gasteiger partial charge in [-0.1, -0.05) is 12.1 Å². The molecule has 2 fully saturated rings. The fraction of sp³-hybridized carbons (Fsp3) is 0.471. The SMILES string of the molecule is O=C(/C=C/c1ccccc1[N+](=O)[O-])NCC1CN2CCCC2CO1. The van der Waals surface area contributed by atoms with Crippen LogP contribution in [0.15, 0.2) is 30.3 Å². The summed E-state index contributed by atoms with van der Waals surface area (Å²) >= 11 is 0. The van der Waals surface area contributed by atoms with E-state index in [1.54, 1.807) is 18.2 Å². The standard InChI is InChI=1S/C17H21N3O4/c21-17(8-7-13-4-1-2-6-16(13)20(22)23)18-10-15-11-19-9-3-5-14(19)12-24-15/h1-2,4,6-8,14-15H,3,5,9-12H2,(H,18,21)/b8-7+. The average Bonchev–Trinajstić information content (AvgIpc) is 3.06. The van der Waals surface area contributed by atoms with Gasteiger partial charge in [0.2, 0.25) is 5.91 Å². The molecule has 0 aliphatic carbocycles. The lowest BCUT2D eigenvalue weighted by Crippen LogP contribution is -2.49. The van der Waals surface area contributed by atoms with Crippen LogP contribution < -0.4 is 5.32 Å². The van der Waals surface area contributed by atoms with Crippen LogP contribution in [0.3, 0.4) is 0 Å². The van der Waals surface area contributed by atoms with Crippen molar-refractivity contribution in [2.75, 3.05) is 26.2 Å². The van der Waals surface area contributed by atoms with Gasteiger partial charge in [-0.25, -0.2) is 0 Å². The summed E-state index contributed by atoms with van der Waals surface area (Å²) in [6, 6.07) is 6.86. The van der Waals surface area contributed by atoms with Crippen molar-refractivity contribution in [3.05, 3.63) is 46.0 Å². The van der Waals surface area contributed by atoms with Gasteiger partial charge in [0.15, 0.2) is 0 Å². The Kier molecular flexibility index (Phi) is 5.22. The van der Waals surface area contributed by atoms with Gasteiger partial charge in [0, 0.05) is 31.3 Å². The number of fused-ring (bicyclic) bond motifs is 1. The Bertz CT molecular complexity index is 646. The Morgan fingerprint density at radius 3 is 3.12 bits per heavy atom. The minimum absolute atomic E-state index is 0.00256. The van der Waals surface area contributed by atoms with E-state index in [1.807, 2.05) is 0 Å². The molecule has 7 heteroatoms. The average molecular weight is 331 g/mol. The number of nitro groups is 1. The smallest absolute Gasteiger partial charge is 0.276 e. The molecule has 0 bridgehead atoms. The first-order valence-electron chi connectivity index (χ1n) is 8.18. The van der Waals surface area contributed by atoms with E-state index in [2.05, 4.69) is 10.2 Å². The normalized spacial score (nSPS) is 24.0. The van der Waals surface area contributed by atoms with Crippen LogP contribution in [-0.2, 0) is 9.53 Å². The minimum Gasteiger partial charge on any atom is -0.373 e. The number of nitrogens with zero attached hydrogens (tertiary/aromatic N) is 2. The van der Waals surface area contributed by atoms with Crippen molar-refractivity contribution in [2.45, 2.75) is 25.0 Å². The number of nitrogens with one attached hydrogen (secondary N) is 1. The van der Waals surface area contributed by atoms with Gasteiger partial charge in [0.05, 0.1) is 23.2 Å². The summed E-state index contributed by atoms with van der Waals surface area (Å²) in [7, 11) is 0. The maximum Gasteiger partial charge on any atom is 0.276 e. The zero-order valence-corrected chi connectivity index (χ0v) is 13.4. The second-order valence-corrected chi connectivity index (χ2v) is 6.14. The van der Waals surface area contributed by atoms with Gasteiger partial charge >= 0.3 is 0 Å². The van der Waals surface area contributed by atoms with Crippen LogP contribution in [0.25, 0.3) is 6.08 Å². The van der Waals surface area contributed by atoms with E-state index in [9.17, 15) is 14.9 Å². The molecule has 3 rings (SSSR count). The second-order valence-electron chi connectivity index (χ2n) is 6.14. The first-order valence-corrected chi connectivity index (χ1v) is 8.18. The van der Waals surface area contributed by atoms with Crippen molar-refractivity contribution in [3.8, 4) is 0 Å². The number of hydrogen-bond acceptors (Lipinski definition) is 5. The van der Waals surface area contributed by atoms with Gasteiger partial charge in [-0.3, -0.25) is 19.8 Å². The minimum atomic E-state index is -0.458. The van der Waals surface area contributed by atoms with Crippen LogP contribution in [0, 0.1) is 10.1 Å². The van der Waals surface area contributed by atoms with Gasteiger partial charge < -0.3 is 10.1 Å². The van der Waals surface area contributed by atoms with Gasteiger partial charge in [-0.15, -0.1) is 0 Å². The summed E-state index contributed by atoms with van der Waals surface area (Å²) in [6.45, 7) is 3.13. The Balaban J connectivity index is 1.50. The number of benzene rings is 1. The van der Waals surface area contributed by atoms with E-state index in [4.69, 9.17) is 4.74 Å². The number of morpholine rings is 1. The fourth-order valence-electron chi connectivity index (χ4n) is 3.24. The highest BCUT2D eigenvalue weighted by Crippen LogP contribution is 2.22. The van der Waals surface area contributed by atoms with Gasteiger partial charge in [-0.2, -0.15) is 0 Å². The van der Waals surface area contributed by atoms with E-state index < -0.39 is 4.92 Å². The molecule has 128 valence electrons. The molecule has 2 atom stereocenters. The van der Waals surface area contributed by atoms with E-state index >= 15 is 0 Å². The third kappa shape index (κ3) is 3.98. The predicted octanol–water partition coefficient (Wildman–Crippen LogP) is 1.59. The first-order chi connectivity index (χ1) is 11.6. The third-order valence-corrected chi connectivity index (χ3v) is 4.51. The summed E-state index contributed by atoms with van der Waals surface area (Å²) < 4.78 is 5.79. The molecular weight excluding hydrogens is 310 g/mol. The molecule has 2 aliphatic heterocycles. The van der Waals surface area contributed by atoms with E-state index in [0.29, 0.717) is 18.2 Å². The summed E-state index contributed by atoms with van der Waals surface area (Å²) in [5.74, 6) is -0.278. The van der Waals surface area contributed by atoms with Crippen molar-refractivity contribution < 1.29 is 14.5 Å². The van der Waals surface area contributed by atoms with Crippen LogP contribution in [0.1, 0.15) is 18.4 Å². The Morgan fingerprint density at radius 2 is 2.29 bits per heavy atom. The number of para-hydroxylation sites is 1. The summed E-state index contributed by atoms with van der Waals surface area (Å²) in [4.78, 5) is 24.8. The molecule has 1 N–H and O–H groups in total. The molecule has 2 saturated heterocycles. The number of carbonyl (C=O) groups excluding carboxylic acids is 1. The topological polar surface area (TPSA) is 84.7 Å². The van der Waals surface area contributed by atoms with Crippen LogP contribution in [0.2, 0.25) is 0 Å². The highest BCUT2D eigenvalue weighted by atomic mass is 16.6. The molecule has 0 radical (unpaired) electrons. The van der Waals surface area contributed by atoms with Crippen molar-refractivity contribution in [1.82, 2.24) is 10.2 Å². The van der Waals surface area contributed by atoms with Crippen molar-refractivity contribution in [1.29, 1.82) is 0 Å². The van der Waals surface area contributed by atoms with Gasteiger partial charge in [-0.05, 0) is 31.5 Å². The highest BCUT2D eigenvalue weighted by Gasteiger charge is 2.32. The molecule has 2 aliphatic rings. The van der Waals surface area contributed by atoms with E-state index in [1.165, 1.54) is 31.1 Å². The molecule has 0 saturated carbocycles. The molecule has 24 heavy (non-hydrogen) atoms. The number of carbonyl (C=O) groups is 1. The molecule has 0 aromatic heterocycles. The number of hydrogen-bond donors (Lipinski definition) is 1. The van der Waals surface area contributed by atoms with Crippen LogP contribution in [0.5, 0.6) is 0 Å².